The second kappa shape index (κ2) is 12.5. The number of fused-ring (bicyclic) bond motifs is 2. The van der Waals surface area contributed by atoms with E-state index in [9.17, 15) is 19.5 Å². The summed E-state index contributed by atoms with van der Waals surface area (Å²) in [7, 11) is 0. The Morgan fingerprint density at radius 2 is 1.46 bits per heavy atom. The van der Waals surface area contributed by atoms with Gasteiger partial charge in [-0.1, -0.05) is 89.0 Å². The lowest BCUT2D eigenvalue weighted by Crippen LogP contribution is -2.41. The van der Waals surface area contributed by atoms with Crippen LogP contribution in [0.15, 0.2) is 53.3 Å². The van der Waals surface area contributed by atoms with Crippen molar-refractivity contribution in [1.82, 2.24) is 4.98 Å². The second-order valence-corrected chi connectivity index (χ2v) is 11.0. The van der Waals surface area contributed by atoms with E-state index in [1.54, 1.807) is 24.3 Å². The van der Waals surface area contributed by atoms with Crippen molar-refractivity contribution in [2.75, 3.05) is 5.32 Å². The fourth-order valence-electron chi connectivity index (χ4n) is 5.87. The van der Waals surface area contributed by atoms with Gasteiger partial charge in [0.15, 0.2) is 5.88 Å². The summed E-state index contributed by atoms with van der Waals surface area (Å²) in [5.41, 5.74) is 0.947. The van der Waals surface area contributed by atoms with Gasteiger partial charge in [0.25, 0.3) is 17.1 Å². The van der Waals surface area contributed by atoms with Crippen LogP contribution < -0.4 is 16.1 Å². The van der Waals surface area contributed by atoms with Crippen LogP contribution in [0.3, 0.4) is 0 Å². The molecule has 0 saturated carbocycles. The van der Waals surface area contributed by atoms with Crippen molar-refractivity contribution >= 4 is 50.2 Å². The molecule has 0 amide bonds. The van der Waals surface area contributed by atoms with E-state index in [0.29, 0.717) is 21.8 Å². The molecule has 3 aromatic carbocycles. The Balaban J connectivity index is 1.35. The van der Waals surface area contributed by atoms with Gasteiger partial charge in [-0.05, 0) is 48.1 Å². The van der Waals surface area contributed by atoms with Crippen LogP contribution in [0, 0.1) is 5.41 Å². The lowest BCUT2D eigenvalue weighted by Gasteiger charge is -2.19. The molecule has 1 aliphatic rings. The van der Waals surface area contributed by atoms with E-state index in [2.05, 4.69) is 17.2 Å². The number of hydrogen-bond donors (Lipinski definition) is 4. The first kappa shape index (κ1) is 28.3. The lowest BCUT2D eigenvalue weighted by atomic mass is 9.87. The number of hydrogen-bond acceptors (Lipinski definition) is 6. The number of aromatic hydroxyl groups is 1. The zero-order chi connectivity index (χ0) is 28.9. The minimum Gasteiger partial charge on any atom is -0.494 e. The number of aryl methyl sites for hydroxylation is 1. The van der Waals surface area contributed by atoms with E-state index in [1.807, 2.05) is 24.3 Å². The maximum atomic E-state index is 13.2. The molecule has 7 nitrogen and oxygen atoms in total. The number of rotatable bonds is 13. The fraction of sp³-hybridized carbons (Fsp3) is 0.353. The Morgan fingerprint density at radius 3 is 2.15 bits per heavy atom. The highest BCUT2D eigenvalue weighted by molar-refractivity contribution is 6.76. The molecule has 0 aliphatic heterocycles. The van der Waals surface area contributed by atoms with Gasteiger partial charge in [0.05, 0.1) is 11.1 Å². The van der Waals surface area contributed by atoms with Crippen LogP contribution in [-0.4, -0.2) is 27.4 Å². The van der Waals surface area contributed by atoms with Crippen LogP contribution in [0.4, 0.5) is 5.69 Å². The number of nitrogens with one attached hydrogen (secondary N) is 3. The molecule has 7 heteroatoms. The largest absolute Gasteiger partial charge is 0.494 e. The van der Waals surface area contributed by atoms with Gasteiger partial charge in [0.2, 0.25) is 0 Å². The van der Waals surface area contributed by atoms with E-state index in [4.69, 9.17) is 5.41 Å². The third-order valence-electron chi connectivity index (χ3n) is 8.10. The van der Waals surface area contributed by atoms with Crippen LogP contribution in [0.1, 0.15) is 82.3 Å². The Kier molecular flexibility index (Phi) is 8.62. The molecule has 1 heterocycles. The minimum atomic E-state index is -0.925. The Bertz CT molecular complexity index is 1730. The molecular weight excluding hydrogens is 514 g/mol. The summed E-state index contributed by atoms with van der Waals surface area (Å²) in [6, 6.07) is 14.5. The van der Waals surface area contributed by atoms with Crippen molar-refractivity contribution < 1.29 is 14.7 Å². The number of ketones is 2. The van der Waals surface area contributed by atoms with Crippen LogP contribution in [0.2, 0.25) is 0 Å². The molecule has 5 rings (SSSR count). The quantitative estimate of drug-likeness (QED) is 0.115. The van der Waals surface area contributed by atoms with Crippen molar-refractivity contribution in [3.63, 3.8) is 0 Å². The smallest absolute Gasteiger partial charge is 0.259 e. The highest BCUT2D eigenvalue weighted by Crippen LogP contribution is 2.30. The molecular formula is C34H37N3O4. The van der Waals surface area contributed by atoms with E-state index in [-0.39, 0.29) is 27.7 Å². The number of unbranched alkanes of at least 4 members (excludes halogenated alkanes) is 9. The van der Waals surface area contributed by atoms with Crippen molar-refractivity contribution in [2.45, 2.75) is 77.6 Å². The summed E-state index contributed by atoms with van der Waals surface area (Å²) >= 11 is 0. The van der Waals surface area contributed by atoms with Crippen LogP contribution in [-0.2, 0) is 16.0 Å². The van der Waals surface area contributed by atoms with Crippen molar-refractivity contribution in [1.29, 1.82) is 5.41 Å². The van der Waals surface area contributed by atoms with E-state index < -0.39 is 22.8 Å². The molecule has 0 fully saturated rings. The van der Waals surface area contributed by atoms with Gasteiger partial charge in [0.1, 0.15) is 5.71 Å². The van der Waals surface area contributed by atoms with Crippen molar-refractivity contribution in [3.8, 4) is 5.88 Å². The summed E-state index contributed by atoms with van der Waals surface area (Å²) in [6.07, 6.45) is 13.9. The lowest BCUT2D eigenvalue weighted by molar-refractivity contribution is -0.129. The Morgan fingerprint density at radius 1 is 0.805 bits per heavy atom. The number of anilines is 1. The molecule has 1 aliphatic carbocycles. The number of aromatic nitrogens is 1. The van der Waals surface area contributed by atoms with Gasteiger partial charge < -0.3 is 10.4 Å². The third kappa shape index (κ3) is 5.80. The third-order valence-corrected chi connectivity index (χ3v) is 8.10. The monoisotopic (exact) mass is 551 g/mol. The first-order chi connectivity index (χ1) is 19.9. The minimum absolute atomic E-state index is 0.0355. The van der Waals surface area contributed by atoms with E-state index in [1.165, 1.54) is 63.4 Å². The summed E-state index contributed by atoms with van der Waals surface area (Å²) in [4.78, 5) is 41.5. The van der Waals surface area contributed by atoms with Gasteiger partial charge >= 0.3 is 0 Å². The van der Waals surface area contributed by atoms with Gasteiger partial charge in [-0.2, -0.15) is 0 Å². The molecule has 0 spiro atoms. The number of carbonyl (C=O) groups excluding carboxylic acids is 2. The predicted molar refractivity (Wildman–Crippen MR) is 165 cm³/mol. The summed E-state index contributed by atoms with van der Waals surface area (Å²) in [6.45, 7) is 2.25. The predicted octanol–water partition coefficient (Wildman–Crippen LogP) is 6.31. The maximum Gasteiger partial charge on any atom is 0.259 e. The SMILES string of the molecule is CCCCCCCCCCCCc1ccc(NC2=c3c(cc4cccc5c(O)[nH]c(=O)c3c45)C(=N)C(=O)C2=O)cc1. The first-order valence-electron chi connectivity index (χ1n) is 14.8. The molecule has 4 aromatic rings. The summed E-state index contributed by atoms with van der Waals surface area (Å²) in [5, 5.41) is 23.7. The van der Waals surface area contributed by atoms with Crippen molar-refractivity contribution in [2.24, 2.45) is 0 Å². The number of Topliss-reactive ketones (excluding diaryl/α,β-unsaturated/α-hetero) is 2. The first-order valence-corrected chi connectivity index (χ1v) is 14.8. The fourth-order valence-corrected chi connectivity index (χ4v) is 5.87. The van der Waals surface area contributed by atoms with Crippen LogP contribution in [0.25, 0.3) is 27.2 Å². The van der Waals surface area contributed by atoms with E-state index in [0.717, 1.165) is 12.8 Å². The van der Waals surface area contributed by atoms with E-state index >= 15 is 0 Å². The van der Waals surface area contributed by atoms with Gasteiger partial charge in [-0.25, -0.2) is 0 Å². The molecule has 41 heavy (non-hydrogen) atoms. The van der Waals surface area contributed by atoms with Gasteiger partial charge in [-0.3, -0.25) is 24.8 Å². The average Bonchev–Trinajstić information content (AvgIpc) is 2.98. The molecule has 212 valence electrons. The second-order valence-electron chi connectivity index (χ2n) is 11.0. The number of pyridine rings is 1. The molecule has 4 N–H and O–H groups in total. The average molecular weight is 552 g/mol. The zero-order valence-corrected chi connectivity index (χ0v) is 23.6. The summed E-state index contributed by atoms with van der Waals surface area (Å²) < 4.78 is 0. The zero-order valence-electron chi connectivity index (χ0n) is 23.6. The molecule has 0 saturated heterocycles. The highest BCUT2D eigenvalue weighted by Gasteiger charge is 2.33. The number of benzene rings is 3. The molecule has 0 radical (unpaired) electrons. The van der Waals surface area contributed by atoms with Gasteiger partial charge in [0, 0.05) is 27.2 Å². The van der Waals surface area contributed by atoms with Gasteiger partial charge in [-0.15, -0.1) is 0 Å². The van der Waals surface area contributed by atoms with Crippen LogP contribution in [0.5, 0.6) is 5.88 Å². The number of aromatic amines is 1. The van der Waals surface area contributed by atoms with Crippen LogP contribution >= 0.6 is 0 Å². The Hall–Kier alpha value is -4.26. The molecule has 1 aromatic heterocycles. The number of carbonyl (C=O) groups is 2. The number of H-pyrrole nitrogens is 1. The molecule has 0 bridgehead atoms. The summed E-state index contributed by atoms with van der Waals surface area (Å²) in [5.74, 6) is -2.06. The highest BCUT2D eigenvalue weighted by atomic mass is 16.3. The van der Waals surface area contributed by atoms with Crippen molar-refractivity contribution in [3.05, 3.63) is 75.2 Å². The standard InChI is InChI=1S/C34H37N3O4/c1-2-3-4-5-6-7-8-9-10-11-13-21-16-18-23(19-17-21)36-30-27-25(29(35)31(38)32(30)39)20-22-14-12-15-24-26(22)28(27)34(41)37-33(24)40/h12,14-20,35-36H,2-11,13H2,1H3,(H2,37,40,41). The topological polar surface area (TPSA) is 123 Å². The Labute approximate surface area is 239 Å². The maximum absolute atomic E-state index is 13.2. The normalized spacial score (nSPS) is 13.4. The molecule has 0 unspecified atom stereocenters. The molecule has 0 atom stereocenters.